The van der Waals surface area contributed by atoms with Gasteiger partial charge in [-0.3, -0.25) is 0 Å². The van der Waals surface area contributed by atoms with E-state index in [0.717, 1.165) is 18.1 Å². The zero-order valence-corrected chi connectivity index (χ0v) is 12.6. The molecule has 0 aromatic carbocycles. The van der Waals surface area contributed by atoms with Gasteiger partial charge in [0.15, 0.2) is 15.7 Å². The molecule has 3 N–H and O–H groups in total. The fourth-order valence-electron chi connectivity index (χ4n) is 1.47. The summed E-state index contributed by atoms with van der Waals surface area (Å²) in [7, 11) is 0.579. The number of nitrogens with one attached hydrogen (secondary N) is 1. The predicted molar refractivity (Wildman–Crippen MR) is 75.9 cm³/mol. The molecule has 0 aliphatic rings. The van der Waals surface area contributed by atoms with Crippen LogP contribution in [0.15, 0.2) is 4.90 Å². The molecule has 0 atom stereocenters. The van der Waals surface area contributed by atoms with Crippen LogP contribution in [0.4, 0.5) is 10.8 Å². The average molecular weight is 292 g/mol. The zero-order chi connectivity index (χ0) is 13.8. The molecule has 1 rings (SSSR count). The largest absolute Gasteiger partial charge is 0.382 e. The van der Waals surface area contributed by atoms with Gasteiger partial charge in [0.25, 0.3) is 0 Å². The SMILES string of the molecule is CCCS(=O)(=O)c1c(N)nsc1NCCN(C)C. The highest BCUT2D eigenvalue weighted by atomic mass is 32.2. The molecule has 0 aliphatic heterocycles. The molecule has 0 radical (unpaired) electrons. The average Bonchev–Trinajstić information content (AvgIpc) is 2.60. The van der Waals surface area contributed by atoms with E-state index in [-0.39, 0.29) is 16.5 Å². The maximum atomic E-state index is 12.1. The minimum atomic E-state index is -3.33. The molecule has 0 bridgehead atoms. The Labute approximate surface area is 112 Å². The second kappa shape index (κ2) is 6.35. The number of nitrogen functional groups attached to an aromatic ring is 1. The third-order valence-corrected chi connectivity index (χ3v) is 5.23. The Morgan fingerprint density at radius 2 is 2.11 bits per heavy atom. The van der Waals surface area contributed by atoms with Crippen molar-refractivity contribution in [2.75, 3.05) is 44.0 Å². The number of hydrogen-bond acceptors (Lipinski definition) is 7. The molecule has 0 saturated heterocycles. The summed E-state index contributed by atoms with van der Waals surface area (Å²) >= 11 is 1.10. The minimum absolute atomic E-state index is 0.0952. The van der Waals surface area contributed by atoms with Gasteiger partial charge in [-0.2, -0.15) is 4.37 Å². The number of nitrogens with zero attached hydrogens (tertiary/aromatic N) is 2. The van der Waals surface area contributed by atoms with E-state index in [9.17, 15) is 8.42 Å². The van der Waals surface area contributed by atoms with Crippen molar-refractivity contribution in [3.05, 3.63) is 0 Å². The van der Waals surface area contributed by atoms with E-state index in [1.54, 1.807) is 0 Å². The molecule has 0 fully saturated rings. The molecule has 8 heteroatoms. The van der Waals surface area contributed by atoms with Gasteiger partial charge in [0.1, 0.15) is 9.90 Å². The summed E-state index contributed by atoms with van der Waals surface area (Å²) in [5.41, 5.74) is 5.66. The van der Waals surface area contributed by atoms with Gasteiger partial charge >= 0.3 is 0 Å². The first kappa shape index (κ1) is 15.2. The first-order valence-electron chi connectivity index (χ1n) is 5.75. The molecule has 6 nitrogen and oxygen atoms in total. The van der Waals surface area contributed by atoms with Crippen molar-refractivity contribution in [2.45, 2.75) is 18.2 Å². The first-order chi connectivity index (χ1) is 8.38. The van der Waals surface area contributed by atoms with Gasteiger partial charge in [-0.15, -0.1) is 0 Å². The van der Waals surface area contributed by atoms with Crippen LogP contribution < -0.4 is 11.1 Å². The van der Waals surface area contributed by atoms with Gasteiger partial charge in [0, 0.05) is 13.1 Å². The normalized spacial score (nSPS) is 12.0. The van der Waals surface area contributed by atoms with Crippen LogP contribution in [-0.2, 0) is 9.84 Å². The highest BCUT2D eigenvalue weighted by Crippen LogP contribution is 2.32. The fraction of sp³-hybridized carbons (Fsp3) is 0.700. The lowest BCUT2D eigenvalue weighted by atomic mass is 10.5. The first-order valence-corrected chi connectivity index (χ1v) is 8.17. The lowest BCUT2D eigenvalue weighted by Gasteiger charge is -2.11. The van der Waals surface area contributed by atoms with E-state index < -0.39 is 9.84 Å². The number of hydrogen-bond donors (Lipinski definition) is 2. The molecule has 0 spiro atoms. The third kappa shape index (κ3) is 3.82. The zero-order valence-electron chi connectivity index (χ0n) is 10.9. The molecule has 104 valence electrons. The molecule has 0 unspecified atom stereocenters. The number of aromatic nitrogens is 1. The third-order valence-electron chi connectivity index (χ3n) is 2.30. The summed E-state index contributed by atoms with van der Waals surface area (Å²) in [4.78, 5) is 2.17. The lowest BCUT2D eigenvalue weighted by molar-refractivity contribution is 0.425. The van der Waals surface area contributed by atoms with Gasteiger partial charge in [-0.1, -0.05) is 6.92 Å². The lowest BCUT2D eigenvalue weighted by Crippen LogP contribution is -2.21. The van der Waals surface area contributed by atoms with Crippen LogP contribution in [0.25, 0.3) is 0 Å². The summed E-state index contributed by atoms with van der Waals surface area (Å²) in [6.07, 6.45) is 0.564. The van der Waals surface area contributed by atoms with Crippen LogP contribution in [0.1, 0.15) is 13.3 Å². The van der Waals surface area contributed by atoms with Gasteiger partial charge < -0.3 is 16.0 Å². The van der Waals surface area contributed by atoms with E-state index >= 15 is 0 Å². The smallest absolute Gasteiger partial charge is 0.185 e. The van der Waals surface area contributed by atoms with Gasteiger partial charge in [0.2, 0.25) is 0 Å². The van der Waals surface area contributed by atoms with Crippen molar-refractivity contribution < 1.29 is 8.42 Å². The van der Waals surface area contributed by atoms with Gasteiger partial charge in [-0.05, 0) is 32.0 Å². The Kier molecular flexibility index (Phi) is 5.36. The monoisotopic (exact) mass is 292 g/mol. The van der Waals surface area contributed by atoms with Crippen molar-refractivity contribution in [1.82, 2.24) is 9.27 Å². The Hall–Kier alpha value is -0.860. The highest BCUT2D eigenvalue weighted by molar-refractivity contribution is 7.91. The molecular weight excluding hydrogens is 272 g/mol. The number of nitrogens with two attached hydrogens (primary N) is 1. The summed E-state index contributed by atoms with van der Waals surface area (Å²) in [5.74, 6) is 0.193. The summed E-state index contributed by atoms with van der Waals surface area (Å²) < 4.78 is 28.1. The number of rotatable bonds is 7. The van der Waals surface area contributed by atoms with Crippen LogP contribution in [0.2, 0.25) is 0 Å². The van der Waals surface area contributed by atoms with E-state index in [1.807, 2.05) is 25.9 Å². The van der Waals surface area contributed by atoms with Crippen LogP contribution in [0.3, 0.4) is 0 Å². The highest BCUT2D eigenvalue weighted by Gasteiger charge is 2.24. The molecule has 1 aromatic rings. The topological polar surface area (TPSA) is 88.3 Å². The van der Waals surface area contributed by atoms with E-state index in [4.69, 9.17) is 5.73 Å². The standard InChI is InChI=1S/C10H20N4O2S2/c1-4-7-18(15,16)8-9(11)13-17-10(8)12-5-6-14(2)3/h12H,4-7H2,1-3H3,(H2,11,13). The summed E-state index contributed by atoms with van der Waals surface area (Å²) in [6.45, 7) is 3.29. The number of anilines is 2. The second-order valence-electron chi connectivity index (χ2n) is 4.27. The van der Waals surface area contributed by atoms with Gasteiger partial charge in [-0.25, -0.2) is 8.42 Å². The molecule has 0 saturated carbocycles. The Bertz CT molecular complexity index is 482. The van der Waals surface area contributed by atoms with Crippen molar-refractivity contribution in [3.8, 4) is 0 Å². The van der Waals surface area contributed by atoms with E-state index in [2.05, 4.69) is 9.69 Å². The summed E-state index contributed by atoms with van der Waals surface area (Å²) in [5, 5.41) is 3.63. The van der Waals surface area contributed by atoms with Crippen LogP contribution >= 0.6 is 11.5 Å². The van der Waals surface area contributed by atoms with Gasteiger partial charge in [0.05, 0.1) is 5.75 Å². The maximum absolute atomic E-state index is 12.1. The maximum Gasteiger partial charge on any atom is 0.185 e. The Morgan fingerprint density at radius 3 is 2.67 bits per heavy atom. The Balaban J connectivity index is 2.88. The second-order valence-corrected chi connectivity index (χ2v) is 7.09. The predicted octanol–water partition coefficient (Wildman–Crippen LogP) is 0.882. The quantitative estimate of drug-likeness (QED) is 0.775. The number of likely N-dealkylation sites (N-methyl/N-ethyl adjacent to an activating group) is 1. The molecule has 1 heterocycles. The minimum Gasteiger partial charge on any atom is -0.382 e. The van der Waals surface area contributed by atoms with Crippen LogP contribution in [0, 0.1) is 0 Å². The van der Waals surface area contributed by atoms with E-state index in [0.29, 0.717) is 18.0 Å². The Morgan fingerprint density at radius 1 is 1.44 bits per heavy atom. The van der Waals surface area contributed by atoms with Crippen molar-refractivity contribution in [2.24, 2.45) is 0 Å². The number of sulfone groups is 1. The fourth-order valence-corrected chi connectivity index (χ4v) is 4.12. The van der Waals surface area contributed by atoms with Crippen LogP contribution in [-0.4, -0.2) is 50.6 Å². The van der Waals surface area contributed by atoms with Crippen molar-refractivity contribution in [3.63, 3.8) is 0 Å². The molecular formula is C10H20N4O2S2. The van der Waals surface area contributed by atoms with E-state index in [1.165, 1.54) is 0 Å². The molecule has 0 amide bonds. The van der Waals surface area contributed by atoms with Crippen LogP contribution in [0.5, 0.6) is 0 Å². The molecule has 1 aromatic heterocycles. The molecule has 0 aliphatic carbocycles. The summed E-state index contributed by atoms with van der Waals surface area (Å²) in [6, 6.07) is 0. The van der Waals surface area contributed by atoms with Crippen molar-refractivity contribution in [1.29, 1.82) is 0 Å². The van der Waals surface area contributed by atoms with Crippen molar-refractivity contribution >= 4 is 32.2 Å². The molecule has 18 heavy (non-hydrogen) atoms.